The Kier molecular flexibility index (Phi) is 3.24. The van der Waals surface area contributed by atoms with Crippen molar-refractivity contribution < 1.29 is 19.4 Å². The van der Waals surface area contributed by atoms with Crippen LogP contribution in [0.4, 0.5) is 0 Å². The number of carbonyl (C=O) groups excluding carboxylic acids is 1. The fourth-order valence-electron chi connectivity index (χ4n) is 1.23. The predicted molar refractivity (Wildman–Crippen MR) is 48.7 cm³/mol. The molecule has 1 aliphatic heterocycles. The molecule has 0 spiro atoms. The van der Waals surface area contributed by atoms with E-state index >= 15 is 0 Å². The van der Waals surface area contributed by atoms with E-state index in [1.54, 1.807) is 6.92 Å². The largest absolute Gasteiger partial charge is 0.480 e. The van der Waals surface area contributed by atoms with Crippen LogP contribution in [-0.2, 0) is 14.3 Å². The van der Waals surface area contributed by atoms with Gasteiger partial charge in [0.2, 0.25) is 0 Å². The van der Waals surface area contributed by atoms with E-state index in [4.69, 9.17) is 9.84 Å². The van der Waals surface area contributed by atoms with E-state index in [9.17, 15) is 9.59 Å². The molecular formula is C9H13NO4. The van der Waals surface area contributed by atoms with Gasteiger partial charge in [-0.05, 0) is 6.92 Å². The summed E-state index contributed by atoms with van der Waals surface area (Å²) in [5, 5.41) is 11.4. The van der Waals surface area contributed by atoms with E-state index in [2.05, 4.69) is 11.9 Å². The number of nitrogens with one attached hydrogen (secondary N) is 1. The number of carboxylic acid groups (broad SMARTS) is 1. The second-order valence-electron chi connectivity index (χ2n) is 3.34. The molecule has 1 saturated heterocycles. The molecule has 0 radical (unpaired) electrons. The number of hydrogen-bond donors (Lipinski definition) is 2. The molecule has 0 aromatic heterocycles. The van der Waals surface area contributed by atoms with Crippen LogP contribution < -0.4 is 5.32 Å². The molecule has 0 bridgehead atoms. The molecule has 1 rings (SSSR count). The van der Waals surface area contributed by atoms with Gasteiger partial charge in [-0.25, -0.2) is 4.79 Å². The molecule has 2 N–H and O–H groups in total. The summed E-state index contributed by atoms with van der Waals surface area (Å²) in [6.07, 6.45) is -0.0470. The predicted octanol–water partition coefficient (Wildman–Crippen LogP) is -0.0792. The lowest BCUT2D eigenvalue weighted by Gasteiger charge is -2.10. The SMILES string of the molecule is C=C(C)C(=O)OC1CN[C@H](C(=O)O)C1. The third-order valence-electron chi connectivity index (χ3n) is 2.01. The molecular weight excluding hydrogens is 186 g/mol. The van der Waals surface area contributed by atoms with Gasteiger partial charge >= 0.3 is 11.9 Å². The Morgan fingerprint density at radius 2 is 2.21 bits per heavy atom. The van der Waals surface area contributed by atoms with Crippen molar-refractivity contribution in [3.63, 3.8) is 0 Å². The fraction of sp³-hybridized carbons (Fsp3) is 0.556. The minimum absolute atomic E-state index is 0.314. The van der Waals surface area contributed by atoms with Crippen molar-refractivity contribution in [2.75, 3.05) is 6.54 Å². The third kappa shape index (κ3) is 2.56. The number of rotatable bonds is 3. The van der Waals surface area contributed by atoms with Gasteiger partial charge in [0.1, 0.15) is 12.1 Å². The molecule has 0 aliphatic carbocycles. The molecule has 14 heavy (non-hydrogen) atoms. The van der Waals surface area contributed by atoms with Crippen molar-refractivity contribution in [1.29, 1.82) is 0 Å². The van der Waals surface area contributed by atoms with Gasteiger partial charge in [-0.2, -0.15) is 0 Å². The van der Waals surface area contributed by atoms with Gasteiger partial charge in [0.25, 0.3) is 0 Å². The first-order chi connectivity index (χ1) is 6.50. The van der Waals surface area contributed by atoms with Crippen LogP contribution in [-0.4, -0.2) is 35.7 Å². The van der Waals surface area contributed by atoms with E-state index in [0.717, 1.165) is 0 Å². The van der Waals surface area contributed by atoms with Crippen molar-refractivity contribution in [3.8, 4) is 0 Å². The molecule has 0 aromatic rings. The van der Waals surface area contributed by atoms with Crippen molar-refractivity contribution in [3.05, 3.63) is 12.2 Å². The average Bonchev–Trinajstić information content (AvgIpc) is 2.52. The van der Waals surface area contributed by atoms with Gasteiger partial charge in [-0.1, -0.05) is 6.58 Å². The Morgan fingerprint density at radius 1 is 1.57 bits per heavy atom. The number of esters is 1. The highest BCUT2D eigenvalue weighted by Gasteiger charge is 2.31. The highest BCUT2D eigenvalue weighted by atomic mass is 16.5. The smallest absolute Gasteiger partial charge is 0.333 e. The van der Waals surface area contributed by atoms with Crippen molar-refractivity contribution in [2.24, 2.45) is 0 Å². The van der Waals surface area contributed by atoms with Gasteiger partial charge in [-0.3, -0.25) is 4.79 Å². The van der Waals surface area contributed by atoms with Crippen LogP contribution in [0.15, 0.2) is 12.2 Å². The van der Waals surface area contributed by atoms with Crippen molar-refractivity contribution in [1.82, 2.24) is 5.32 Å². The minimum atomic E-state index is -0.918. The van der Waals surface area contributed by atoms with Gasteiger partial charge in [0, 0.05) is 18.5 Å². The van der Waals surface area contributed by atoms with Crippen LogP contribution in [0, 0.1) is 0 Å². The average molecular weight is 199 g/mol. The molecule has 0 amide bonds. The summed E-state index contributed by atoms with van der Waals surface area (Å²) in [5.41, 5.74) is 0.323. The quantitative estimate of drug-likeness (QED) is 0.491. The van der Waals surface area contributed by atoms with Crippen molar-refractivity contribution >= 4 is 11.9 Å². The Bertz CT molecular complexity index is 274. The lowest BCUT2D eigenvalue weighted by atomic mass is 10.2. The highest BCUT2D eigenvalue weighted by molar-refractivity contribution is 5.87. The molecule has 5 nitrogen and oxygen atoms in total. The third-order valence-corrected chi connectivity index (χ3v) is 2.01. The number of carbonyl (C=O) groups is 2. The minimum Gasteiger partial charge on any atom is -0.480 e. The Morgan fingerprint density at radius 3 is 2.64 bits per heavy atom. The van der Waals surface area contributed by atoms with Crippen LogP contribution in [0.1, 0.15) is 13.3 Å². The summed E-state index contributed by atoms with van der Waals surface area (Å²) < 4.78 is 4.99. The lowest BCUT2D eigenvalue weighted by molar-refractivity contribution is -0.145. The second-order valence-corrected chi connectivity index (χ2v) is 3.34. The van der Waals surface area contributed by atoms with E-state index in [0.29, 0.717) is 18.5 Å². The monoisotopic (exact) mass is 199 g/mol. The molecule has 1 fully saturated rings. The van der Waals surface area contributed by atoms with Gasteiger partial charge in [0.05, 0.1) is 0 Å². The van der Waals surface area contributed by atoms with Crippen molar-refractivity contribution in [2.45, 2.75) is 25.5 Å². The highest BCUT2D eigenvalue weighted by Crippen LogP contribution is 2.11. The summed E-state index contributed by atoms with van der Waals surface area (Å²) in [6.45, 7) is 5.38. The van der Waals surface area contributed by atoms with E-state index < -0.39 is 18.0 Å². The zero-order valence-corrected chi connectivity index (χ0v) is 7.95. The summed E-state index contributed by atoms with van der Waals surface area (Å²) in [4.78, 5) is 21.6. The molecule has 1 unspecified atom stereocenters. The summed E-state index contributed by atoms with van der Waals surface area (Å²) in [6, 6.07) is -0.613. The lowest BCUT2D eigenvalue weighted by Crippen LogP contribution is -2.30. The maximum atomic E-state index is 11.1. The van der Waals surface area contributed by atoms with Crippen LogP contribution in [0.25, 0.3) is 0 Å². The number of hydrogen-bond acceptors (Lipinski definition) is 4. The summed E-state index contributed by atoms with van der Waals surface area (Å²) in [7, 11) is 0. The molecule has 0 saturated carbocycles. The maximum Gasteiger partial charge on any atom is 0.333 e. The Hall–Kier alpha value is -1.36. The van der Waals surface area contributed by atoms with Gasteiger partial charge in [0.15, 0.2) is 0 Å². The Balaban J connectivity index is 2.40. The van der Waals surface area contributed by atoms with Crippen LogP contribution >= 0.6 is 0 Å². The van der Waals surface area contributed by atoms with Gasteiger partial charge < -0.3 is 15.2 Å². The number of aliphatic carboxylic acids is 1. The first-order valence-corrected chi connectivity index (χ1v) is 4.33. The second kappa shape index (κ2) is 4.23. The molecule has 2 atom stereocenters. The topological polar surface area (TPSA) is 75.6 Å². The van der Waals surface area contributed by atoms with E-state index in [1.807, 2.05) is 0 Å². The fourth-order valence-corrected chi connectivity index (χ4v) is 1.23. The molecule has 0 aromatic carbocycles. The van der Waals surface area contributed by atoms with E-state index in [-0.39, 0.29) is 6.10 Å². The van der Waals surface area contributed by atoms with Gasteiger partial charge in [-0.15, -0.1) is 0 Å². The zero-order chi connectivity index (χ0) is 10.7. The molecule has 1 heterocycles. The zero-order valence-electron chi connectivity index (χ0n) is 7.95. The molecule has 78 valence electrons. The summed E-state index contributed by atoms with van der Waals surface area (Å²) in [5.74, 6) is -1.39. The number of ether oxygens (including phenoxy) is 1. The van der Waals surface area contributed by atoms with Crippen LogP contribution in [0.3, 0.4) is 0 Å². The van der Waals surface area contributed by atoms with Crippen LogP contribution in [0.2, 0.25) is 0 Å². The standard InChI is InChI=1S/C9H13NO4/c1-5(2)9(13)14-6-3-7(8(11)12)10-4-6/h6-7,10H,1,3-4H2,2H3,(H,11,12)/t6?,7-/m0/s1. The van der Waals surface area contributed by atoms with Crippen LogP contribution in [0.5, 0.6) is 0 Å². The number of carboxylic acids is 1. The maximum absolute atomic E-state index is 11.1. The first kappa shape index (κ1) is 10.7. The molecule has 5 heteroatoms. The normalized spacial score (nSPS) is 25.8. The molecule has 1 aliphatic rings. The Labute approximate surface area is 81.7 Å². The first-order valence-electron chi connectivity index (χ1n) is 4.33. The summed E-state index contributed by atoms with van der Waals surface area (Å²) >= 11 is 0. The van der Waals surface area contributed by atoms with E-state index in [1.165, 1.54) is 0 Å².